The van der Waals surface area contributed by atoms with E-state index in [1.807, 2.05) is 0 Å². The van der Waals surface area contributed by atoms with Crippen molar-refractivity contribution in [3.63, 3.8) is 0 Å². The lowest BCUT2D eigenvalue weighted by Crippen LogP contribution is -2.39. The molecule has 0 aliphatic rings. The maximum absolute atomic E-state index is 11.5. The van der Waals surface area contributed by atoms with Crippen molar-refractivity contribution in [2.24, 2.45) is 0 Å². The van der Waals surface area contributed by atoms with Gasteiger partial charge in [0.15, 0.2) is 0 Å². The van der Waals surface area contributed by atoms with Crippen molar-refractivity contribution in [3.05, 3.63) is 0 Å². The summed E-state index contributed by atoms with van der Waals surface area (Å²) in [6.07, 6.45) is 0.186. The van der Waals surface area contributed by atoms with E-state index >= 15 is 0 Å². The molecule has 0 aliphatic carbocycles. The number of likely N-dealkylation sites (N-methyl/N-ethyl adjacent to an activating group) is 1. The second kappa shape index (κ2) is 5.70. The zero-order chi connectivity index (χ0) is 12.1. The summed E-state index contributed by atoms with van der Waals surface area (Å²) < 4.78 is 5.13. The highest BCUT2D eigenvalue weighted by Crippen LogP contribution is 2.10. The van der Waals surface area contributed by atoms with Crippen LogP contribution in [-0.2, 0) is 14.3 Å². The number of nitrogens with one attached hydrogen (secondary N) is 1. The molecule has 5 heteroatoms. The summed E-state index contributed by atoms with van der Waals surface area (Å²) in [6.45, 7) is 5.32. The van der Waals surface area contributed by atoms with Crippen molar-refractivity contribution in [1.29, 1.82) is 0 Å². The number of aliphatic carboxylic acids is 1. The van der Waals surface area contributed by atoms with Crippen LogP contribution in [0.5, 0.6) is 0 Å². The van der Waals surface area contributed by atoms with Gasteiger partial charge in [-0.15, -0.1) is 0 Å². The lowest BCUT2D eigenvalue weighted by Gasteiger charge is -2.23. The first kappa shape index (κ1) is 13.9. The number of carboxylic acids is 1. The highest BCUT2D eigenvalue weighted by atomic mass is 16.6. The van der Waals surface area contributed by atoms with E-state index in [2.05, 4.69) is 5.32 Å². The Balaban J connectivity index is 4.16. The number of rotatable bonds is 5. The van der Waals surface area contributed by atoms with Crippen LogP contribution in [0.15, 0.2) is 0 Å². The van der Waals surface area contributed by atoms with Gasteiger partial charge in [0.05, 0.1) is 0 Å². The first-order chi connectivity index (χ1) is 6.76. The molecule has 0 fully saturated rings. The fraction of sp³-hybridized carbons (Fsp3) is 0.800. The summed E-state index contributed by atoms with van der Waals surface area (Å²) in [5.41, 5.74) is -0.546. The van der Waals surface area contributed by atoms with Crippen molar-refractivity contribution in [1.82, 2.24) is 5.32 Å². The molecule has 2 N–H and O–H groups in total. The minimum atomic E-state index is -0.918. The minimum Gasteiger partial charge on any atom is -0.481 e. The third kappa shape index (κ3) is 6.90. The fourth-order valence-corrected chi connectivity index (χ4v) is 1.02. The lowest BCUT2D eigenvalue weighted by atomic mass is 10.1. The normalized spacial score (nSPS) is 13.3. The van der Waals surface area contributed by atoms with Crippen LogP contribution in [0, 0.1) is 0 Å². The van der Waals surface area contributed by atoms with Gasteiger partial charge >= 0.3 is 11.9 Å². The Bertz CT molecular complexity index is 232. The van der Waals surface area contributed by atoms with Gasteiger partial charge in [0.1, 0.15) is 11.6 Å². The molecule has 0 heterocycles. The highest BCUT2D eigenvalue weighted by molar-refractivity contribution is 5.77. The summed E-state index contributed by atoms with van der Waals surface area (Å²) in [4.78, 5) is 21.9. The van der Waals surface area contributed by atoms with Crippen LogP contribution in [0.1, 0.15) is 33.6 Å². The maximum atomic E-state index is 11.5. The number of carbonyl (C=O) groups is 2. The molecule has 0 aliphatic heterocycles. The molecular weight excluding hydrogens is 198 g/mol. The smallest absolute Gasteiger partial charge is 0.323 e. The summed E-state index contributed by atoms with van der Waals surface area (Å²) in [5, 5.41) is 11.2. The number of carbonyl (C=O) groups excluding carboxylic acids is 1. The van der Waals surface area contributed by atoms with E-state index in [0.29, 0.717) is 0 Å². The first-order valence-corrected chi connectivity index (χ1v) is 4.88. The van der Waals surface area contributed by atoms with Crippen LogP contribution in [0.2, 0.25) is 0 Å². The van der Waals surface area contributed by atoms with Crippen molar-refractivity contribution in [2.75, 3.05) is 7.05 Å². The topological polar surface area (TPSA) is 75.6 Å². The van der Waals surface area contributed by atoms with Crippen LogP contribution in [0.4, 0.5) is 0 Å². The van der Waals surface area contributed by atoms with Crippen LogP contribution in [-0.4, -0.2) is 35.7 Å². The number of esters is 1. The Morgan fingerprint density at radius 1 is 1.40 bits per heavy atom. The molecular formula is C10H19NO4. The predicted molar refractivity (Wildman–Crippen MR) is 55.6 cm³/mol. The molecule has 0 spiro atoms. The van der Waals surface area contributed by atoms with Gasteiger partial charge in [0, 0.05) is 6.42 Å². The summed E-state index contributed by atoms with van der Waals surface area (Å²) in [6, 6.07) is -0.555. The Labute approximate surface area is 89.8 Å². The summed E-state index contributed by atoms with van der Waals surface area (Å²) in [7, 11) is 1.61. The van der Waals surface area contributed by atoms with Crippen molar-refractivity contribution >= 4 is 11.9 Å². The van der Waals surface area contributed by atoms with E-state index in [4.69, 9.17) is 9.84 Å². The van der Waals surface area contributed by atoms with E-state index in [1.165, 1.54) is 0 Å². The average Bonchev–Trinajstić information content (AvgIpc) is 2.01. The summed E-state index contributed by atoms with van der Waals surface area (Å²) >= 11 is 0. The zero-order valence-corrected chi connectivity index (χ0v) is 9.66. The molecule has 0 aromatic carbocycles. The average molecular weight is 217 g/mol. The molecule has 1 atom stereocenters. The summed E-state index contributed by atoms with van der Waals surface area (Å²) in [5.74, 6) is -1.33. The Hall–Kier alpha value is -1.10. The quantitative estimate of drug-likeness (QED) is 0.665. The molecule has 0 unspecified atom stereocenters. The monoisotopic (exact) mass is 217 g/mol. The van der Waals surface area contributed by atoms with E-state index in [9.17, 15) is 9.59 Å². The van der Waals surface area contributed by atoms with Crippen LogP contribution in [0.3, 0.4) is 0 Å². The molecule has 15 heavy (non-hydrogen) atoms. The minimum absolute atomic E-state index is 0.0508. The van der Waals surface area contributed by atoms with Crippen molar-refractivity contribution in [2.45, 2.75) is 45.3 Å². The second-order valence-corrected chi connectivity index (χ2v) is 4.31. The molecule has 5 nitrogen and oxygen atoms in total. The third-order valence-electron chi connectivity index (χ3n) is 1.69. The standard InChI is InChI=1S/C10H19NO4/c1-10(2,3)15-9(14)7(11-4)5-6-8(12)13/h7,11H,5-6H2,1-4H3,(H,12,13)/t7-/m0/s1. The van der Waals surface area contributed by atoms with Crippen LogP contribution < -0.4 is 5.32 Å². The van der Waals surface area contributed by atoms with E-state index in [0.717, 1.165) is 0 Å². The van der Waals surface area contributed by atoms with Gasteiger partial charge in [-0.25, -0.2) is 0 Å². The van der Waals surface area contributed by atoms with Gasteiger partial charge in [-0.05, 0) is 34.2 Å². The van der Waals surface area contributed by atoms with Gasteiger partial charge < -0.3 is 15.2 Å². The Morgan fingerprint density at radius 3 is 2.27 bits per heavy atom. The molecule has 0 amide bonds. The Kier molecular flexibility index (Phi) is 5.28. The van der Waals surface area contributed by atoms with E-state index in [-0.39, 0.29) is 12.8 Å². The molecule has 0 rings (SSSR count). The van der Waals surface area contributed by atoms with E-state index in [1.54, 1.807) is 27.8 Å². The van der Waals surface area contributed by atoms with Crippen LogP contribution in [0.25, 0.3) is 0 Å². The molecule has 0 aromatic rings. The van der Waals surface area contributed by atoms with Gasteiger partial charge in [0.25, 0.3) is 0 Å². The SMILES string of the molecule is CN[C@@H](CCC(=O)O)C(=O)OC(C)(C)C. The third-order valence-corrected chi connectivity index (χ3v) is 1.69. The number of carboxylic acid groups (broad SMARTS) is 1. The van der Waals surface area contributed by atoms with Crippen molar-refractivity contribution < 1.29 is 19.4 Å². The Morgan fingerprint density at radius 2 is 1.93 bits per heavy atom. The largest absolute Gasteiger partial charge is 0.481 e. The lowest BCUT2D eigenvalue weighted by molar-refractivity contribution is -0.157. The maximum Gasteiger partial charge on any atom is 0.323 e. The van der Waals surface area contributed by atoms with Crippen molar-refractivity contribution in [3.8, 4) is 0 Å². The van der Waals surface area contributed by atoms with Gasteiger partial charge in [0.2, 0.25) is 0 Å². The highest BCUT2D eigenvalue weighted by Gasteiger charge is 2.24. The van der Waals surface area contributed by atoms with Crippen LogP contribution >= 0.6 is 0 Å². The zero-order valence-electron chi connectivity index (χ0n) is 9.66. The molecule has 0 saturated heterocycles. The number of hydrogen-bond donors (Lipinski definition) is 2. The van der Waals surface area contributed by atoms with Gasteiger partial charge in [-0.2, -0.15) is 0 Å². The molecule has 0 saturated carbocycles. The first-order valence-electron chi connectivity index (χ1n) is 4.88. The van der Waals surface area contributed by atoms with E-state index < -0.39 is 23.6 Å². The molecule has 0 aromatic heterocycles. The van der Waals surface area contributed by atoms with Gasteiger partial charge in [-0.1, -0.05) is 0 Å². The predicted octanol–water partition coefficient (Wildman–Crippen LogP) is 0.781. The van der Waals surface area contributed by atoms with Gasteiger partial charge in [-0.3, -0.25) is 9.59 Å². The molecule has 88 valence electrons. The second-order valence-electron chi connectivity index (χ2n) is 4.31. The fourth-order valence-electron chi connectivity index (χ4n) is 1.02. The number of hydrogen-bond acceptors (Lipinski definition) is 4. The molecule has 0 radical (unpaired) electrons. The molecule has 0 bridgehead atoms. The number of ether oxygens (including phenoxy) is 1.